The Kier molecular flexibility index (Phi) is 8.11. The van der Waals surface area contributed by atoms with Crippen LogP contribution in [0.1, 0.15) is 31.1 Å². The van der Waals surface area contributed by atoms with Gasteiger partial charge in [0.1, 0.15) is 24.7 Å². The second-order valence-electron chi connectivity index (χ2n) is 7.78. The van der Waals surface area contributed by atoms with Crippen LogP contribution in [0.5, 0.6) is 11.5 Å². The van der Waals surface area contributed by atoms with E-state index in [0.717, 1.165) is 18.8 Å². The van der Waals surface area contributed by atoms with E-state index >= 15 is 0 Å². The van der Waals surface area contributed by atoms with Gasteiger partial charge in [0.15, 0.2) is 0 Å². The smallest absolute Gasteiger partial charge is 0.255 e. The van der Waals surface area contributed by atoms with Crippen molar-refractivity contribution in [2.75, 3.05) is 32.8 Å². The molecule has 1 saturated heterocycles. The van der Waals surface area contributed by atoms with Gasteiger partial charge < -0.3 is 19.5 Å². The molecule has 1 aliphatic rings. The van der Waals surface area contributed by atoms with Crippen LogP contribution in [0, 0.1) is 0 Å². The summed E-state index contributed by atoms with van der Waals surface area (Å²) in [6, 6.07) is 17.1. The number of morpholine rings is 1. The summed E-state index contributed by atoms with van der Waals surface area (Å²) in [6.45, 7) is 9.40. The van der Waals surface area contributed by atoms with Gasteiger partial charge in [-0.05, 0) is 45.0 Å². The Balaban J connectivity index is 1.48. The maximum Gasteiger partial charge on any atom is 0.255 e. The summed E-state index contributed by atoms with van der Waals surface area (Å²) in [4.78, 5) is 15.1. The zero-order valence-corrected chi connectivity index (χ0v) is 18.0. The molecule has 1 N–H and O–H groups in total. The van der Waals surface area contributed by atoms with E-state index < -0.39 is 0 Å². The number of nitrogens with zero attached hydrogens (tertiary/aromatic N) is 1. The Morgan fingerprint density at radius 1 is 1.03 bits per heavy atom. The highest BCUT2D eigenvalue weighted by atomic mass is 16.5. The van der Waals surface area contributed by atoms with Gasteiger partial charge >= 0.3 is 0 Å². The quantitative estimate of drug-likeness (QED) is 0.640. The predicted octanol–water partition coefficient (Wildman–Crippen LogP) is 3.37. The SMILES string of the molecule is CC1CN(C(C)CNC(=O)c2ccccc2OCCOc2ccccc2)CC(C)O1. The number of amides is 1. The molecular formula is C24H32N2O4. The summed E-state index contributed by atoms with van der Waals surface area (Å²) in [6.07, 6.45) is 0.415. The Morgan fingerprint density at radius 3 is 2.40 bits per heavy atom. The second kappa shape index (κ2) is 11.0. The first-order chi connectivity index (χ1) is 14.5. The molecule has 0 saturated carbocycles. The fraction of sp³-hybridized carbons (Fsp3) is 0.458. The van der Waals surface area contributed by atoms with Gasteiger partial charge in [-0.3, -0.25) is 9.69 Å². The first-order valence-corrected chi connectivity index (χ1v) is 10.6. The van der Waals surface area contributed by atoms with Crippen molar-refractivity contribution in [2.45, 2.75) is 39.0 Å². The second-order valence-corrected chi connectivity index (χ2v) is 7.78. The third-order valence-corrected chi connectivity index (χ3v) is 5.11. The van der Waals surface area contributed by atoms with Gasteiger partial charge in [-0.25, -0.2) is 0 Å². The zero-order valence-electron chi connectivity index (χ0n) is 18.0. The molecule has 1 heterocycles. The van der Waals surface area contributed by atoms with Crippen LogP contribution in [-0.4, -0.2) is 61.9 Å². The normalized spacial score (nSPS) is 20.4. The number of rotatable bonds is 9. The molecule has 0 spiro atoms. The van der Waals surface area contributed by atoms with Gasteiger partial charge in [0, 0.05) is 25.7 Å². The number of nitrogens with one attached hydrogen (secondary N) is 1. The van der Waals surface area contributed by atoms with Crippen molar-refractivity contribution in [1.82, 2.24) is 10.2 Å². The molecule has 1 fully saturated rings. The number of carbonyl (C=O) groups is 1. The summed E-state index contributed by atoms with van der Waals surface area (Å²) >= 11 is 0. The number of benzene rings is 2. The number of ether oxygens (including phenoxy) is 3. The van der Waals surface area contributed by atoms with Crippen LogP contribution in [0.15, 0.2) is 54.6 Å². The lowest BCUT2D eigenvalue weighted by Gasteiger charge is -2.39. The van der Waals surface area contributed by atoms with E-state index in [1.54, 1.807) is 6.07 Å². The lowest BCUT2D eigenvalue weighted by molar-refractivity contribution is -0.0778. The molecule has 6 heteroatoms. The molecule has 3 unspecified atom stereocenters. The number of carbonyl (C=O) groups excluding carboxylic acids is 1. The molecular weight excluding hydrogens is 380 g/mol. The first-order valence-electron chi connectivity index (χ1n) is 10.6. The fourth-order valence-corrected chi connectivity index (χ4v) is 3.65. The van der Waals surface area contributed by atoms with Crippen molar-refractivity contribution in [3.8, 4) is 11.5 Å². The van der Waals surface area contributed by atoms with Crippen molar-refractivity contribution in [1.29, 1.82) is 0 Å². The molecule has 0 bridgehead atoms. The first kappa shape index (κ1) is 22.1. The van der Waals surface area contributed by atoms with Crippen molar-refractivity contribution in [2.24, 2.45) is 0 Å². The zero-order chi connectivity index (χ0) is 21.3. The molecule has 0 aliphatic carbocycles. The molecule has 3 rings (SSSR count). The lowest BCUT2D eigenvalue weighted by Crippen LogP contribution is -2.52. The van der Waals surface area contributed by atoms with Crippen LogP contribution in [0.25, 0.3) is 0 Å². The fourth-order valence-electron chi connectivity index (χ4n) is 3.65. The summed E-state index contributed by atoms with van der Waals surface area (Å²) in [7, 11) is 0. The van der Waals surface area contributed by atoms with Crippen LogP contribution in [0.4, 0.5) is 0 Å². The standard InChI is InChI=1S/C24H32N2O4/c1-18(26-16-19(2)30-20(3)17-26)15-25-24(27)22-11-7-8-12-23(22)29-14-13-28-21-9-5-4-6-10-21/h4-12,18-20H,13-17H2,1-3H3,(H,25,27). The summed E-state index contributed by atoms with van der Waals surface area (Å²) in [5.41, 5.74) is 0.535. The molecule has 2 aromatic rings. The Labute approximate surface area is 179 Å². The molecule has 1 aliphatic heterocycles. The van der Waals surface area contributed by atoms with E-state index in [2.05, 4.69) is 31.0 Å². The minimum Gasteiger partial charge on any atom is -0.490 e. The van der Waals surface area contributed by atoms with Crippen molar-refractivity contribution >= 4 is 5.91 Å². The highest BCUT2D eigenvalue weighted by Gasteiger charge is 2.26. The molecule has 162 valence electrons. The minimum absolute atomic E-state index is 0.129. The molecule has 2 aromatic carbocycles. The molecule has 0 aromatic heterocycles. The largest absolute Gasteiger partial charge is 0.490 e. The summed E-state index contributed by atoms with van der Waals surface area (Å²) < 4.78 is 17.3. The van der Waals surface area contributed by atoms with Crippen LogP contribution in [0.2, 0.25) is 0 Å². The van der Waals surface area contributed by atoms with Gasteiger partial charge in [-0.15, -0.1) is 0 Å². The highest BCUT2D eigenvalue weighted by Crippen LogP contribution is 2.18. The predicted molar refractivity (Wildman–Crippen MR) is 117 cm³/mol. The molecule has 1 amide bonds. The van der Waals surface area contributed by atoms with Crippen LogP contribution in [0.3, 0.4) is 0 Å². The molecule has 6 nitrogen and oxygen atoms in total. The van der Waals surface area contributed by atoms with E-state index in [9.17, 15) is 4.79 Å². The van der Waals surface area contributed by atoms with Crippen molar-refractivity contribution < 1.29 is 19.0 Å². The molecule has 3 atom stereocenters. The average Bonchev–Trinajstić information content (AvgIpc) is 2.75. The van der Waals surface area contributed by atoms with Crippen LogP contribution < -0.4 is 14.8 Å². The number of hydrogen-bond acceptors (Lipinski definition) is 5. The maximum atomic E-state index is 12.8. The average molecular weight is 413 g/mol. The van der Waals surface area contributed by atoms with Crippen molar-refractivity contribution in [3.05, 3.63) is 60.2 Å². The third-order valence-electron chi connectivity index (χ3n) is 5.11. The molecule has 0 radical (unpaired) electrons. The van der Waals surface area contributed by atoms with E-state index in [1.165, 1.54) is 0 Å². The van der Waals surface area contributed by atoms with E-state index in [4.69, 9.17) is 14.2 Å². The monoisotopic (exact) mass is 412 g/mol. The topological polar surface area (TPSA) is 60.0 Å². The van der Waals surface area contributed by atoms with Gasteiger partial charge in [0.05, 0.1) is 17.8 Å². The van der Waals surface area contributed by atoms with E-state index in [-0.39, 0.29) is 24.2 Å². The number of para-hydroxylation sites is 2. The van der Waals surface area contributed by atoms with Crippen LogP contribution in [-0.2, 0) is 4.74 Å². The van der Waals surface area contributed by atoms with E-state index in [0.29, 0.717) is 31.1 Å². The Morgan fingerprint density at radius 2 is 1.67 bits per heavy atom. The lowest BCUT2D eigenvalue weighted by atomic mass is 10.1. The van der Waals surface area contributed by atoms with Gasteiger partial charge in [-0.2, -0.15) is 0 Å². The van der Waals surface area contributed by atoms with Gasteiger partial charge in [0.2, 0.25) is 0 Å². The van der Waals surface area contributed by atoms with E-state index in [1.807, 2.05) is 48.5 Å². The molecule has 30 heavy (non-hydrogen) atoms. The Hall–Kier alpha value is -2.57. The third kappa shape index (κ3) is 6.47. The Bertz CT molecular complexity index is 789. The summed E-state index contributed by atoms with van der Waals surface area (Å²) in [5, 5.41) is 3.05. The minimum atomic E-state index is -0.129. The summed E-state index contributed by atoms with van der Waals surface area (Å²) in [5.74, 6) is 1.23. The highest BCUT2D eigenvalue weighted by molar-refractivity contribution is 5.96. The van der Waals surface area contributed by atoms with Crippen molar-refractivity contribution in [3.63, 3.8) is 0 Å². The van der Waals surface area contributed by atoms with Gasteiger partial charge in [0.25, 0.3) is 5.91 Å². The van der Waals surface area contributed by atoms with Crippen LogP contribution >= 0.6 is 0 Å². The maximum absolute atomic E-state index is 12.8. The van der Waals surface area contributed by atoms with Gasteiger partial charge in [-0.1, -0.05) is 30.3 Å². The number of hydrogen-bond donors (Lipinski definition) is 1.